The lowest BCUT2D eigenvalue weighted by molar-refractivity contribution is 0.281. The first-order chi connectivity index (χ1) is 10.3. The maximum Gasteiger partial charge on any atom is 0.162 e. The van der Waals surface area contributed by atoms with Crippen molar-refractivity contribution in [2.45, 2.75) is 20.0 Å². The van der Waals surface area contributed by atoms with E-state index in [4.69, 9.17) is 14.7 Å². The van der Waals surface area contributed by atoms with E-state index >= 15 is 0 Å². The minimum Gasteiger partial charge on any atom is -0.493 e. The van der Waals surface area contributed by atoms with Crippen molar-refractivity contribution in [2.24, 2.45) is 0 Å². The number of benzene rings is 1. The summed E-state index contributed by atoms with van der Waals surface area (Å²) >= 11 is 1.31. The van der Waals surface area contributed by atoms with Crippen LogP contribution >= 0.6 is 11.5 Å². The van der Waals surface area contributed by atoms with Gasteiger partial charge in [-0.25, -0.2) is 0 Å². The first kappa shape index (κ1) is 15.1. The second-order valence-electron chi connectivity index (χ2n) is 4.24. The molecule has 110 valence electrons. The van der Waals surface area contributed by atoms with E-state index in [9.17, 15) is 0 Å². The van der Waals surface area contributed by atoms with Gasteiger partial charge in [0.15, 0.2) is 11.5 Å². The number of hydrogen-bond donors (Lipinski definition) is 1. The van der Waals surface area contributed by atoms with Gasteiger partial charge in [0.2, 0.25) is 0 Å². The molecule has 1 N–H and O–H groups in total. The lowest BCUT2D eigenvalue weighted by Crippen LogP contribution is -2.04. The van der Waals surface area contributed by atoms with Gasteiger partial charge < -0.3 is 14.8 Å². The van der Waals surface area contributed by atoms with Crippen molar-refractivity contribution in [3.8, 4) is 17.6 Å². The van der Waals surface area contributed by atoms with Crippen LogP contribution in [0.2, 0.25) is 0 Å². The highest BCUT2D eigenvalue weighted by atomic mass is 32.1. The molecule has 0 amide bonds. The molecule has 0 saturated heterocycles. The molecule has 0 radical (unpaired) electrons. The predicted octanol–water partition coefficient (Wildman–Crippen LogP) is 2.82. The van der Waals surface area contributed by atoms with Crippen LogP contribution in [0.15, 0.2) is 18.2 Å². The molecule has 1 aromatic carbocycles. The molecule has 2 aromatic rings. The third kappa shape index (κ3) is 3.83. The fourth-order valence-electron chi connectivity index (χ4n) is 1.68. The number of nitrogens with one attached hydrogen (secondary N) is 1. The van der Waals surface area contributed by atoms with Crippen molar-refractivity contribution in [3.05, 3.63) is 29.5 Å². The van der Waals surface area contributed by atoms with Crippen LogP contribution in [0.3, 0.4) is 0 Å². The standard InChI is InChI=1S/C14H16N4O2S/c1-3-6-16-14-11(17-18-21-14)9-20-12-5-4-10(8-15)7-13(12)19-2/h4-5,7,16H,3,6,9H2,1-2H3. The summed E-state index contributed by atoms with van der Waals surface area (Å²) in [5.41, 5.74) is 1.29. The van der Waals surface area contributed by atoms with E-state index in [1.807, 2.05) is 0 Å². The highest BCUT2D eigenvalue weighted by Gasteiger charge is 2.11. The van der Waals surface area contributed by atoms with Crippen LogP contribution in [0.1, 0.15) is 24.6 Å². The average molecular weight is 304 g/mol. The third-order valence-corrected chi connectivity index (χ3v) is 3.47. The Labute approximate surface area is 127 Å². The zero-order valence-corrected chi connectivity index (χ0v) is 12.7. The van der Waals surface area contributed by atoms with Gasteiger partial charge in [0.1, 0.15) is 17.3 Å². The Bertz CT molecular complexity index is 636. The number of nitrogens with zero attached hydrogens (tertiary/aromatic N) is 3. The lowest BCUT2D eigenvalue weighted by Gasteiger charge is -2.10. The van der Waals surface area contributed by atoms with Gasteiger partial charge in [-0.15, -0.1) is 5.10 Å². The number of aromatic nitrogens is 2. The van der Waals surface area contributed by atoms with Crippen LogP contribution in [-0.2, 0) is 6.61 Å². The van der Waals surface area contributed by atoms with Gasteiger partial charge in [-0.05, 0) is 18.6 Å². The van der Waals surface area contributed by atoms with Crippen LogP contribution in [-0.4, -0.2) is 23.2 Å². The molecule has 0 unspecified atom stereocenters. The molecule has 2 rings (SSSR count). The van der Waals surface area contributed by atoms with Crippen molar-refractivity contribution in [3.63, 3.8) is 0 Å². The Hall–Kier alpha value is -2.33. The van der Waals surface area contributed by atoms with Gasteiger partial charge in [-0.2, -0.15) is 5.26 Å². The summed E-state index contributed by atoms with van der Waals surface area (Å²) in [5.74, 6) is 1.10. The van der Waals surface area contributed by atoms with Crippen LogP contribution in [0.5, 0.6) is 11.5 Å². The Morgan fingerprint density at radius 1 is 1.38 bits per heavy atom. The molecule has 0 bridgehead atoms. The summed E-state index contributed by atoms with van der Waals surface area (Å²) in [5, 5.41) is 17.1. The molecule has 1 aromatic heterocycles. The van der Waals surface area contributed by atoms with Gasteiger partial charge in [0, 0.05) is 24.1 Å². The summed E-state index contributed by atoms with van der Waals surface area (Å²) < 4.78 is 14.9. The quantitative estimate of drug-likeness (QED) is 0.847. The Morgan fingerprint density at radius 2 is 2.24 bits per heavy atom. The van der Waals surface area contributed by atoms with Crippen LogP contribution < -0.4 is 14.8 Å². The third-order valence-electron chi connectivity index (χ3n) is 2.75. The van der Waals surface area contributed by atoms with Gasteiger partial charge >= 0.3 is 0 Å². The topological polar surface area (TPSA) is 80.1 Å². The molecule has 0 aliphatic rings. The first-order valence-electron chi connectivity index (χ1n) is 6.54. The fourth-order valence-corrected chi connectivity index (χ4v) is 2.27. The highest BCUT2D eigenvalue weighted by Crippen LogP contribution is 2.29. The number of anilines is 1. The molecule has 0 saturated carbocycles. The lowest BCUT2D eigenvalue weighted by atomic mass is 10.2. The van der Waals surface area contributed by atoms with Crippen molar-refractivity contribution in [2.75, 3.05) is 19.0 Å². The van der Waals surface area contributed by atoms with Gasteiger partial charge in [-0.3, -0.25) is 0 Å². The van der Waals surface area contributed by atoms with Crippen molar-refractivity contribution in [1.82, 2.24) is 9.59 Å². The molecule has 21 heavy (non-hydrogen) atoms. The van der Waals surface area contributed by atoms with Crippen molar-refractivity contribution < 1.29 is 9.47 Å². The Kier molecular flexibility index (Phi) is 5.35. The second-order valence-corrected chi connectivity index (χ2v) is 5.00. The summed E-state index contributed by atoms with van der Waals surface area (Å²) in [7, 11) is 1.54. The van der Waals surface area contributed by atoms with Crippen molar-refractivity contribution >= 4 is 16.5 Å². The van der Waals surface area contributed by atoms with E-state index in [0.29, 0.717) is 23.7 Å². The molecule has 0 aliphatic carbocycles. The average Bonchev–Trinajstić information content (AvgIpc) is 2.98. The van der Waals surface area contributed by atoms with Crippen LogP contribution in [0.4, 0.5) is 5.00 Å². The van der Waals surface area contributed by atoms with Crippen LogP contribution in [0, 0.1) is 11.3 Å². The molecule has 0 fully saturated rings. The normalized spacial score (nSPS) is 9.95. The van der Waals surface area contributed by atoms with E-state index in [-0.39, 0.29) is 0 Å². The highest BCUT2D eigenvalue weighted by molar-refractivity contribution is 7.10. The molecule has 0 aliphatic heterocycles. The summed E-state index contributed by atoms with van der Waals surface area (Å²) in [6.45, 7) is 3.26. The zero-order chi connectivity index (χ0) is 15.1. The second kappa shape index (κ2) is 7.45. The van der Waals surface area contributed by atoms with E-state index in [2.05, 4.69) is 27.9 Å². The molecular formula is C14H16N4O2S. The van der Waals surface area contributed by atoms with E-state index in [1.165, 1.54) is 11.5 Å². The van der Waals surface area contributed by atoms with Crippen molar-refractivity contribution in [1.29, 1.82) is 5.26 Å². The van der Waals surface area contributed by atoms with Gasteiger partial charge in [-0.1, -0.05) is 11.4 Å². The van der Waals surface area contributed by atoms with E-state index in [1.54, 1.807) is 25.3 Å². The SMILES string of the molecule is CCCNc1snnc1COc1ccc(C#N)cc1OC. The largest absolute Gasteiger partial charge is 0.493 e. The van der Waals surface area contributed by atoms with Crippen LogP contribution in [0.25, 0.3) is 0 Å². The Balaban J connectivity index is 2.06. The minimum absolute atomic E-state index is 0.296. The molecule has 0 atom stereocenters. The molecule has 7 heteroatoms. The first-order valence-corrected chi connectivity index (χ1v) is 7.31. The molecule has 6 nitrogen and oxygen atoms in total. The van der Waals surface area contributed by atoms with Gasteiger partial charge in [0.25, 0.3) is 0 Å². The van der Waals surface area contributed by atoms with E-state index in [0.717, 1.165) is 23.7 Å². The maximum absolute atomic E-state index is 8.88. The predicted molar refractivity (Wildman–Crippen MR) is 80.7 cm³/mol. The maximum atomic E-state index is 8.88. The monoisotopic (exact) mass is 304 g/mol. The summed E-state index contributed by atoms with van der Waals surface area (Å²) in [4.78, 5) is 0. The summed E-state index contributed by atoms with van der Waals surface area (Å²) in [6, 6.07) is 7.11. The van der Waals surface area contributed by atoms with E-state index < -0.39 is 0 Å². The minimum atomic E-state index is 0.296. The number of hydrogen-bond acceptors (Lipinski definition) is 7. The Morgan fingerprint density at radius 3 is 2.95 bits per heavy atom. The number of rotatable bonds is 7. The van der Waals surface area contributed by atoms with Gasteiger partial charge in [0.05, 0.1) is 18.7 Å². The number of methoxy groups -OCH3 is 1. The fraction of sp³-hybridized carbons (Fsp3) is 0.357. The number of ether oxygens (including phenoxy) is 2. The zero-order valence-electron chi connectivity index (χ0n) is 11.9. The smallest absolute Gasteiger partial charge is 0.162 e. The molecule has 1 heterocycles. The molecule has 0 spiro atoms. The molecular weight excluding hydrogens is 288 g/mol. The number of nitriles is 1. The summed E-state index contributed by atoms with van der Waals surface area (Å²) in [6.07, 6.45) is 1.03.